The van der Waals surface area contributed by atoms with Gasteiger partial charge >= 0.3 is 0 Å². The van der Waals surface area contributed by atoms with Crippen molar-refractivity contribution in [1.29, 1.82) is 0 Å². The van der Waals surface area contributed by atoms with Crippen molar-refractivity contribution in [2.24, 2.45) is 5.92 Å². The molecule has 0 spiro atoms. The molecule has 14 heavy (non-hydrogen) atoms. The van der Waals surface area contributed by atoms with Crippen LogP contribution in [0.15, 0.2) is 18.1 Å². The summed E-state index contributed by atoms with van der Waals surface area (Å²) in [6.45, 7) is 7.26. The van der Waals surface area contributed by atoms with E-state index in [-0.39, 0.29) is 6.61 Å². The van der Waals surface area contributed by atoms with Crippen molar-refractivity contribution in [2.45, 2.75) is 27.3 Å². The first-order chi connectivity index (χ1) is 6.69. The van der Waals surface area contributed by atoms with Crippen molar-refractivity contribution in [2.75, 3.05) is 6.61 Å². The Bertz CT molecular complexity index is 313. The van der Waals surface area contributed by atoms with Crippen LogP contribution in [0.4, 0.5) is 0 Å². The van der Waals surface area contributed by atoms with Gasteiger partial charge in [-0.25, -0.2) is 4.98 Å². The normalized spacial score (nSPS) is 12.5. The summed E-state index contributed by atoms with van der Waals surface area (Å²) in [5.74, 6) is 0.375. The zero-order valence-electron chi connectivity index (χ0n) is 9.07. The van der Waals surface area contributed by atoms with Gasteiger partial charge in [-0.2, -0.15) is 0 Å². The SMILES string of the molecule is CCn1cncc1C=C(CO)C(C)C. The fourth-order valence-corrected chi connectivity index (χ4v) is 1.30. The van der Waals surface area contributed by atoms with Crippen LogP contribution in [0.2, 0.25) is 0 Å². The number of imidazole rings is 1. The first kappa shape index (κ1) is 11.0. The molecule has 0 aromatic carbocycles. The molecule has 0 bridgehead atoms. The summed E-state index contributed by atoms with van der Waals surface area (Å²) >= 11 is 0. The molecule has 0 saturated heterocycles. The predicted molar refractivity (Wildman–Crippen MR) is 57.8 cm³/mol. The Kier molecular flexibility index (Phi) is 3.89. The molecule has 0 aliphatic heterocycles. The minimum Gasteiger partial charge on any atom is -0.392 e. The summed E-state index contributed by atoms with van der Waals surface area (Å²) in [7, 11) is 0. The van der Waals surface area contributed by atoms with Crippen LogP contribution >= 0.6 is 0 Å². The largest absolute Gasteiger partial charge is 0.392 e. The third-order valence-electron chi connectivity index (χ3n) is 2.34. The Labute approximate surface area is 85.1 Å². The first-order valence-corrected chi connectivity index (χ1v) is 5.00. The summed E-state index contributed by atoms with van der Waals surface area (Å²) in [5.41, 5.74) is 2.10. The summed E-state index contributed by atoms with van der Waals surface area (Å²) < 4.78 is 2.05. The Balaban J connectivity index is 2.94. The quantitative estimate of drug-likeness (QED) is 0.795. The van der Waals surface area contributed by atoms with Gasteiger partial charge in [-0.1, -0.05) is 13.8 Å². The van der Waals surface area contributed by atoms with Gasteiger partial charge in [0.15, 0.2) is 0 Å². The smallest absolute Gasteiger partial charge is 0.0950 e. The van der Waals surface area contributed by atoms with Crippen LogP contribution in [-0.4, -0.2) is 21.3 Å². The molecular weight excluding hydrogens is 176 g/mol. The van der Waals surface area contributed by atoms with Crippen LogP contribution in [0.1, 0.15) is 26.5 Å². The van der Waals surface area contributed by atoms with Crippen molar-refractivity contribution >= 4 is 6.08 Å². The van der Waals surface area contributed by atoms with E-state index in [9.17, 15) is 0 Å². The maximum atomic E-state index is 9.16. The highest BCUT2D eigenvalue weighted by atomic mass is 16.3. The molecule has 3 heteroatoms. The lowest BCUT2D eigenvalue weighted by Crippen LogP contribution is -2.01. The van der Waals surface area contributed by atoms with Crippen LogP contribution in [0, 0.1) is 5.92 Å². The second kappa shape index (κ2) is 4.96. The summed E-state index contributed by atoms with van der Waals surface area (Å²) in [6, 6.07) is 0. The van der Waals surface area contributed by atoms with Gasteiger partial charge in [0.05, 0.1) is 24.8 Å². The van der Waals surface area contributed by atoms with E-state index in [4.69, 9.17) is 5.11 Å². The van der Waals surface area contributed by atoms with Gasteiger partial charge in [0, 0.05) is 6.54 Å². The zero-order chi connectivity index (χ0) is 10.6. The molecule has 0 radical (unpaired) electrons. The molecule has 0 saturated carbocycles. The maximum Gasteiger partial charge on any atom is 0.0950 e. The van der Waals surface area contributed by atoms with Gasteiger partial charge in [0.2, 0.25) is 0 Å². The van der Waals surface area contributed by atoms with Crippen molar-refractivity contribution in [3.8, 4) is 0 Å². The van der Waals surface area contributed by atoms with Crippen LogP contribution in [-0.2, 0) is 6.54 Å². The third-order valence-corrected chi connectivity index (χ3v) is 2.34. The second-order valence-electron chi connectivity index (χ2n) is 3.64. The molecule has 0 amide bonds. The molecule has 0 aliphatic carbocycles. The highest BCUT2D eigenvalue weighted by Crippen LogP contribution is 2.13. The fourth-order valence-electron chi connectivity index (χ4n) is 1.30. The van der Waals surface area contributed by atoms with E-state index in [0.717, 1.165) is 17.8 Å². The van der Waals surface area contributed by atoms with Crippen molar-refractivity contribution in [3.05, 3.63) is 23.8 Å². The fraction of sp³-hybridized carbons (Fsp3) is 0.545. The molecule has 0 unspecified atom stereocenters. The molecule has 0 fully saturated rings. The van der Waals surface area contributed by atoms with Crippen LogP contribution in [0.3, 0.4) is 0 Å². The average Bonchev–Trinajstić information content (AvgIpc) is 2.60. The molecular formula is C11H18N2O. The molecule has 3 nitrogen and oxygen atoms in total. The number of aryl methyl sites for hydroxylation is 1. The lowest BCUT2D eigenvalue weighted by Gasteiger charge is -2.08. The second-order valence-corrected chi connectivity index (χ2v) is 3.64. The van der Waals surface area contributed by atoms with E-state index < -0.39 is 0 Å². The summed E-state index contributed by atoms with van der Waals surface area (Å²) in [5, 5.41) is 9.16. The Hall–Kier alpha value is -1.09. The van der Waals surface area contributed by atoms with Gasteiger partial charge in [0.1, 0.15) is 0 Å². The average molecular weight is 194 g/mol. The number of rotatable bonds is 4. The Morgan fingerprint density at radius 1 is 1.64 bits per heavy atom. The lowest BCUT2D eigenvalue weighted by molar-refractivity contribution is 0.320. The Morgan fingerprint density at radius 2 is 2.36 bits per heavy atom. The number of aromatic nitrogens is 2. The molecule has 0 atom stereocenters. The molecule has 1 aromatic heterocycles. The predicted octanol–water partition coefficient (Wildman–Crippen LogP) is 1.93. The van der Waals surface area contributed by atoms with Gasteiger partial charge in [0.25, 0.3) is 0 Å². The minimum atomic E-state index is 0.118. The van der Waals surface area contributed by atoms with Gasteiger partial charge in [-0.3, -0.25) is 0 Å². The van der Waals surface area contributed by atoms with Crippen molar-refractivity contribution in [3.63, 3.8) is 0 Å². The molecule has 1 rings (SSSR count). The van der Waals surface area contributed by atoms with E-state index in [2.05, 4.69) is 30.3 Å². The van der Waals surface area contributed by atoms with E-state index in [0.29, 0.717) is 5.92 Å². The number of hydrogen-bond donors (Lipinski definition) is 1. The highest BCUT2D eigenvalue weighted by molar-refractivity contribution is 5.49. The van der Waals surface area contributed by atoms with E-state index in [1.165, 1.54) is 0 Å². The van der Waals surface area contributed by atoms with Gasteiger partial charge in [-0.15, -0.1) is 0 Å². The molecule has 1 heterocycles. The van der Waals surface area contributed by atoms with Crippen LogP contribution in [0.5, 0.6) is 0 Å². The third kappa shape index (κ3) is 2.45. The lowest BCUT2D eigenvalue weighted by atomic mass is 10.0. The highest BCUT2D eigenvalue weighted by Gasteiger charge is 2.03. The van der Waals surface area contributed by atoms with E-state index in [1.54, 1.807) is 6.33 Å². The number of aliphatic hydroxyl groups excluding tert-OH is 1. The van der Waals surface area contributed by atoms with Gasteiger partial charge in [-0.05, 0) is 24.5 Å². The molecule has 0 aliphatic rings. The zero-order valence-corrected chi connectivity index (χ0v) is 9.07. The number of nitrogens with zero attached hydrogens (tertiary/aromatic N) is 2. The first-order valence-electron chi connectivity index (χ1n) is 5.00. The van der Waals surface area contributed by atoms with E-state index >= 15 is 0 Å². The summed E-state index contributed by atoms with van der Waals surface area (Å²) in [4.78, 5) is 4.08. The minimum absolute atomic E-state index is 0.118. The van der Waals surface area contributed by atoms with E-state index in [1.807, 2.05) is 12.3 Å². The van der Waals surface area contributed by atoms with Crippen LogP contribution in [0.25, 0.3) is 6.08 Å². The number of hydrogen-bond acceptors (Lipinski definition) is 2. The standard InChI is InChI=1S/C11H18N2O/c1-4-13-8-12-6-11(13)5-10(7-14)9(2)3/h5-6,8-9,14H,4,7H2,1-3H3. The maximum absolute atomic E-state index is 9.16. The molecule has 78 valence electrons. The van der Waals surface area contributed by atoms with Crippen molar-refractivity contribution < 1.29 is 5.11 Å². The van der Waals surface area contributed by atoms with Crippen LogP contribution < -0.4 is 0 Å². The topological polar surface area (TPSA) is 38.0 Å². The molecule has 1 aromatic rings. The summed E-state index contributed by atoms with van der Waals surface area (Å²) in [6.07, 6.45) is 5.64. The number of aliphatic hydroxyl groups is 1. The monoisotopic (exact) mass is 194 g/mol. The van der Waals surface area contributed by atoms with Crippen molar-refractivity contribution in [1.82, 2.24) is 9.55 Å². The molecule has 1 N–H and O–H groups in total. The van der Waals surface area contributed by atoms with Gasteiger partial charge < -0.3 is 9.67 Å². The Morgan fingerprint density at radius 3 is 2.86 bits per heavy atom.